The molecule has 9 heteroatoms. The molecule has 2 amide bonds. The summed E-state index contributed by atoms with van der Waals surface area (Å²) in [5.74, 6) is 0.441. The molecule has 0 radical (unpaired) electrons. The van der Waals surface area contributed by atoms with Crippen LogP contribution in [0.25, 0.3) is 0 Å². The van der Waals surface area contributed by atoms with Gasteiger partial charge in [0.05, 0.1) is 23.2 Å². The number of fused-ring (bicyclic) bond motifs is 1. The van der Waals surface area contributed by atoms with Crippen molar-refractivity contribution < 1.29 is 29.0 Å². The van der Waals surface area contributed by atoms with Crippen LogP contribution < -0.4 is 20.2 Å². The first-order valence-corrected chi connectivity index (χ1v) is 13.7. The van der Waals surface area contributed by atoms with Gasteiger partial charge in [0.25, 0.3) is 0 Å². The number of anilines is 1. The number of carbonyl (C=O) groups is 3. The van der Waals surface area contributed by atoms with Gasteiger partial charge >= 0.3 is 5.97 Å². The normalized spacial score (nSPS) is 32.8. The Balaban J connectivity index is 1.18. The molecule has 4 fully saturated rings. The molecule has 0 unspecified atom stereocenters. The molecule has 7 rings (SSSR count). The minimum atomic E-state index is -0.986. The lowest BCUT2D eigenvalue weighted by atomic mass is 9.49. The number of hydrazone groups is 1. The Hall–Kier alpha value is -3.36. The molecule has 2 atom stereocenters. The molecule has 202 valence electrons. The van der Waals surface area contributed by atoms with Crippen molar-refractivity contribution in [1.82, 2.24) is 5.43 Å². The molecule has 0 spiro atoms. The molecule has 1 aliphatic heterocycles. The summed E-state index contributed by atoms with van der Waals surface area (Å²) in [5.41, 5.74) is 4.42. The fourth-order valence-electron chi connectivity index (χ4n) is 8.04. The van der Waals surface area contributed by atoms with Crippen LogP contribution in [0.3, 0.4) is 0 Å². The number of amides is 2. The molecular formula is C29H35N3O6. The molecule has 4 saturated carbocycles. The van der Waals surface area contributed by atoms with Gasteiger partial charge in [0.15, 0.2) is 11.5 Å². The number of hydrogen-bond acceptors (Lipinski definition) is 6. The maximum atomic E-state index is 13.2. The fraction of sp³-hybridized carbons (Fsp3) is 0.586. The highest BCUT2D eigenvalue weighted by Gasteiger charge is 2.51. The zero-order valence-corrected chi connectivity index (χ0v) is 21.7. The third-order valence-corrected chi connectivity index (χ3v) is 9.30. The second-order valence-corrected chi connectivity index (χ2v) is 12.1. The van der Waals surface area contributed by atoms with Gasteiger partial charge in [-0.15, -0.1) is 0 Å². The summed E-state index contributed by atoms with van der Waals surface area (Å²) < 4.78 is 11.0. The van der Waals surface area contributed by atoms with Crippen LogP contribution in [0.5, 0.6) is 11.5 Å². The van der Waals surface area contributed by atoms with E-state index in [0.29, 0.717) is 47.7 Å². The van der Waals surface area contributed by atoms with Gasteiger partial charge in [0.1, 0.15) is 0 Å². The standard InChI is InChI=1S/C29H35N3O6/c1-16(31-32-26(33)14-29-11-17-6-18(12-29)8-19(7-17)13-29)22-9-24-25(38-15-37-24)10-23(22)30-27(34)20-4-2-3-5-21(20)28(35)36/h2-3,9-10,17-21H,4-8,11-15H2,1H3,(H,30,34)(H,32,33)(H,35,36)/b31-16-/t17?,18?,19?,20-,21-,29?/m1/s1. The van der Waals surface area contributed by atoms with Gasteiger partial charge in [-0.2, -0.15) is 5.10 Å². The monoisotopic (exact) mass is 521 g/mol. The van der Waals surface area contributed by atoms with Crippen molar-refractivity contribution in [1.29, 1.82) is 0 Å². The van der Waals surface area contributed by atoms with Crippen molar-refractivity contribution in [3.8, 4) is 11.5 Å². The van der Waals surface area contributed by atoms with Crippen LogP contribution in [0.4, 0.5) is 5.69 Å². The third kappa shape index (κ3) is 4.78. The van der Waals surface area contributed by atoms with Gasteiger partial charge < -0.3 is 19.9 Å². The molecule has 0 saturated heterocycles. The van der Waals surface area contributed by atoms with Gasteiger partial charge in [-0.25, -0.2) is 5.43 Å². The van der Waals surface area contributed by atoms with Crippen molar-refractivity contribution in [2.24, 2.45) is 40.1 Å². The van der Waals surface area contributed by atoms with E-state index in [1.165, 1.54) is 19.3 Å². The molecule has 1 aromatic rings. The Morgan fingerprint density at radius 1 is 0.974 bits per heavy atom. The number of carboxylic acids is 1. The Morgan fingerprint density at radius 3 is 2.21 bits per heavy atom. The van der Waals surface area contributed by atoms with Crippen LogP contribution in [-0.4, -0.2) is 35.4 Å². The van der Waals surface area contributed by atoms with E-state index in [-0.39, 0.29) is 24.0 Å². The maximum Gasteiger partial charge on any atom is 0.307 e. The first-order valence-electron chi connectivity index (χ1n) is 13.7. The Labute approximate surface area is 222 Å². The quantitative estimate of drug-likeness (QED) is 0.276. The van der Waals surface area contributed by atoms with Gasteiger partial charge in [-0.1, -0.05) is 12.2 Å². The molecule has 1 heterocycles. The van der Waals surface area contributed by atoms with E-state index in [1.54, 1.807) is 25.1 Å². The van der Waals surface area contributed by atoms with Crippen molar-refractivity contribution in [2.75, 3.05) is 12.1 Å². The SMILES string of the molecule is C/C(=N/NC(=O)CC12CC3CC(CC(C3)C1)C2)c1cc2c(cc1NC(=O)[C@@H]1CC=CC[C@H]1C(=O)O)OCO2. The topological polar surface area (TPSA) is 126 Å². The molecule has 6 aliphatic rings. The number of nitrogens with one attached hydrogen (secondary N) is 2. The molecule has 9 nitrogen and oxygen atoms in total. The largest absolute Gasteiger partial charge is 0.481 e. The molecule has 5 aliphatic carbocycles. The first-order chi connectivity index (χ1) is 18.3. The van der Waals surface area contributed by atoms with Crippen LogP contribution >= 0.6 is 0 Å². The van der Waals surface area contributed by atoms with Crippen LogP contribution in [0, 0.1) is 35.0 Å². The zero-order valence-electron chi connectivity index (χ0n) is 21.7. The molecule has 3 N–H and O–H groups in total. The summed E-state index contributed by atoms with van der Waals surface area (Å²) in [4.78, 5) is 37.9. The number of nitrogens with zero attached hydrogens (tertiary/aromatic N) is 1. The number of rotatable bonds is 7. The predicted molar refractivity (Wildman–Crippen MR) is 140 cm³/mol. The van der Waals surface area contributed by atoms with E-state index in [2.05, 4.69) is 15.8 Å². The summed E-state index contributed by atoms with van der Waals surface area (Å²) in [7, 11) is 0. The van der Waals surface area contributed by atoms with Crippen molar-refractivity contribution in [3.05, 3.63) is 29.8 Å². The summed E-state index contributed by atoms with van der Waals surface area (Å²) in [6.45, 7) is 1.83. The van der Waals surface area contributed by atoms with Crippen LogP contribution in [0.2, 0.25) is 0 Å². The lowest BCUT2D eigenvalue weighted by molar-refractivity contribution is -0.146. The predicted octanol–water partition coefficient (Wildman–Crippen LogP) is 4.47. The van der Waals surface area contributed by atoms with E-state index in [0.717, 1.165) is 37.0 Å². The van der Waals surface area contributed by atoms with Crippen molar-refractivity contribution in [3.63, 3.8) is 0 Å². The Kier molecular flexibility index (Phi) is 6.40. The lowest BCUT2D eigenvalue weighted by Crippen LogP contribution is -2.47. The highest BCUT2D eigenvalue weighted by atomic mass is 16.7. The number of allylic oxidation sites excluding steroid dienone is 2. The molecule has 4 bridgehead atoms. The third-order valence-electron chi connectivity index (χ3n) is 9.30. The lowest BCUT2D eigenvalue weighted by Gasteiger charge is -2.56. The van der Waals surface area contributed by atoms with E-state index in [9.17, 15) is 19.5 Å². The van der Waals surface area contributed by atoms with Gasteiger partial charge in [-0.3, -0.25) is 14.4 Å². The van der Waals surface area contributed by atoms with E-state index in [1.807, 2.05) is 6.08 Å². The average molecular weight is 522 g/mol. The highest BCUT2D eigenvalue weighted by molar-refractivity contribution is 6.08. The van der Waals surface area contributed by atoms with Crippen LogP contribution in [-0.2, 0) is 14.4 Å². The molecule has 38 heavy (non-hydrogen) atoms. The Morgan fingerprint density at radius 2 is 1.58 bits per heavy atom. The van der Waals surface area contributed by atoms with Crippen LogP contribution in [0.1, 0.15) is 70.3 Å². The minimum Gasteiger partial charge on any atom is -0.481 e. The zero-order chi connectivity index (χ0) is 26.4. The van der Waals surface area contributed by atoms with E-state index >= 15 is 0 Å². The van der Waals surface area contributed by atoms with Gasteiger partial charge in [-0.05, 0) is 87.5 Å². The van der Waals surface area contributed by atoms with Gasteiger partial charge in [0, 0.05) is 18.1 Å². The second kappa shape index (κ2) is 9.75. The summed E-state index contributed by atoms with van der Waals surface area (Å²) >= 11 is 0. The van der Waals surface area contributed by atoms with Crippen molar-refractivity contribution in [2.45, 2.75) is 64.7 Å². The number of carbonyl (C=O) groups excluding carboxylic acids is 2. The second-order valence-electron chi connectivity index (χ2n) is 12.1. The Bertz CT molecular complexity index is 1190. The fourth-order valence-corrected chi connectivity index (χ4v) is 8.04. The van der Waals surface area contributed by atoms with E-state index in [4.69, 9.17) is 9.47 Å². The number of ether oxygens (including phenoxy) is 2. The maximum absolute atomic E-state index is 13.2. The number of hydrogen-bond donors (Lipinski definition) is 3. The molecular weight excluding hydrogens is 486 g/mol. The number of aliphatic carboxylic acids is 1. The van der Waals surface area contributed by atoms with Crippen molar-refractivity contribution >= 4 is 29.2 Å². The van der Waals surface area contributed by atoms with E-state index < -0.39 is 17.8 Å². The van der Waals surface area contributed by atoms with Crippen LogP contribution in [0.15, 0.2) is 29.4 Å². The first kappa shape index (κ1) is 24.9. The number of carboxylic acid groups (broad SMARTS) is 1. The molecule has 1 aromatic carbocycles. The summed E-state index contributed by atoms with van der Waals surface area (Å²) in [6.07, 6.45) is 12.3. The van der Waals surface area contributed by atoms with Gasteiger partial charge in [0.2, 0.25) is 18.6 Å². The smallest absolute Gasteiger partial charge is 0.307 e. The highest BCUT2D eigenvalue weighted by Crippen LogP contribution is 2.61. The average Bonchev–Trinajstić information content (AvgIpc) is 3.33. The number of benzene rings is 1. The molecule has 0 aromatic heterocycles. The summed E-state index contributed by atoms with van der Waals surface area (Å²) in [5, 5.41) is 16.9. The minimum absolute atomic E-state index is 0.0681. The summed E-state index contributed by atoms with van der Waals surface area (Å²) in [6, 6.07) is 3.40.